The number of imidazole rings is 1. The summed E-state index contributed by atoms with van der Waals surface area (Å²) >= 11 is 7.64. The first kappa shape index (κ1) is 19.9. The number of rotatable bonds is 12. The van der Waals surface area contributed by atoms with Gasteiger partial charge in [0.15, 0.2) is 0 Å². The van der Waals surface area contributed by atoms with Crippen LogP contribution in [0.15, 0.2) is 52.4 Å². The Morgan fingerprint density at radius 3 is 2.83 bits per heavy atom. The fourth-order valence-electron chi connectivity index (χ4n) is 2.51. The molecule has 0 saturated heterocycles. The Bertz CT molecular complexity index is 560. The fourth-order valence-corrected chi connectivity index (χ4v) is 5.55. The average molecular weight is 427 g/mol. The van der Waals surface area contributed by atoms with E-state index in [2.05, 4.69) is 74.6 Å². The number of benzene rings is 1. The lowest BCUT2D eigenvalue weighted by atomic mass is 10.2. The van der Waals surface area contributed by atoms with Crippen LogP contribution in [0.25, 0.3) is 0 Å². The third-order valence-electron chi connectivity index (χ3n) is 3.77. The van der Waals surface area contributed by atoms with Crippen LogP contribution in [0.3, 0.4) is 0 Å². The second kappa shape index (κ2) is 12.0. The van der Waals surface area contributed by atoms with Crippen molar-refractivity contribution in [1.29, 1.82) is 0 Å². The molecule has 0 amide bonds. The highest BCUT2D eigenvalue weighted by molar-refractivity contribution is 9.10. The summed E-state index contributed by atoms with van der Waals surface area (Å²) in [6, 6.07) is 8.61. The predicted octanol–water partition coefficient (Wildman–Crippen LogP) is 6.51. The summed E-state index contributed by atoms with van der Waals surface area (Å²) in [6.45, 7) is 3.29. The third kappa shape index (κ3) is 8.13. The highest BCUT2D eigenvalue weighted by Crippen LogP contribution is 2.29. The molecule has 0 N–H and O–H groups in total. The van der Waals surface area contributed by atoms with Crippen LogP contribution in [0, 0.1) is 0 Å². The van der Waals surface area contributed by atoms with Crippen LogP contribution in [0.4, 0.5) is 0 Å². The normalized spacial score (nSPS) is 12.4. The van der Waals surface area contributed by atoms with Gasteiger partial charge >= 0.3 is 0 Å². The third-order valence-corrected chi connectivity index (χ3v) is 6.86. The Labute approximate surface area is 163 Å². The van der Waals surface area contributed by atoms with E-state index in [9.17, 15) is 0 Å². The van der Waals surface area contributed by atoms with Gasteiger partial charge in [-0.05, 0) is 30.4 Å². The van der Waals surface area contributed by atoms with E-state index in [1.165, 1.54) is 48.5 Å². The van der Waals surface area contributed by atoms with Gasteiger partial charge in [-0.1, -0.05) is 54.6 Å². The van der Waals surface area contributed by atoms with Crippen molar-refractivity contribution in [3.8, 4) is 0 Å². The predicted molar refractivity (Wildman–Crippen MR) is 112 cm³/mol. The second-order valence-corrected chi connectivity index (χ2v) is 9.39. The van der Waals surface area contributed by atoms with Crippen molar-refractivity contribution in [2.24, 2.45) is 0 Å². The molecule has 0 saturated carbocycles. The summed E-state index contributed by atoms with van der Waals surface area (Å²) < 4.78 is 3.34. The summed E-state index contributed by atoms with van der Waals surface area (Å²) in [5.41, 5.74) is 0. The largest absolute Gasteiger partial charge is 0.336 e. The maximum absolute atomic E-state index is 4.17. The molecular weight excluding hydrogens is 400 g/mol. The molecule has 0 aliphatic rings. The van der Waals surface area contributed by atoms with E-state index >= 15 is 0 Å². The molecule has 0 aliphatic carbocycles. The Kier molecular flexibility index (Phi) is 10.00. The van der Waals surface area contributed by atoms with E-state index in [4.69, 9.17) is 0 Å². The zero-order chi connectivity index (χ0) is 17.0. The monoisotopic (exact) mass is 426 g/mol. The van der Waals surface area contributed by atoms with E-state index in [0.29, 0.717) is 5.25 Å². The van der Waals surface area contributed by atoms with Crippen LogP contribution < -0.4 is 0 Å². The molecular formula is C19H27BrN2S2. The first-order valence-corrected chi connectivity index (χ1v) is 11.6. The SMILES string of the molecule is CCCCCCCSCC(Cn1ccnc1)Sc1cccc(Br)c1. The van der Waals surface area contributed by atoms with Crippen LogP contribution in [0.2, 0.25) is 0 Å². The van der Waals surface area contributed by atoms with Gasteiger partial charge in [0.2, 0.25) is 0 Å². The minimum absolute atomic E-state index is 0.564. The van der Waals surface area contributed by atoms with Gasteiger partial charge in [0, 0.05) is 39.3 Å². The van der Waals surface area contributed by atoms with Gasteiger partial charge in [-0.15, -0.1) is 11.8 Å². The molecule has 1 heterocycles. The Hall–Kier alpha value is -0.390. The summed E-state index contributed by atoms with van der Waals surface area (Å²) in [6.07, 6.45) is 12.7. The van der Waals surface area contributed by atoms with Crippen molar-refractivity contribution in [2.45, 2.75) is 55.7 Å². The van der Waals surface area contributed by atoms with Gasteiger partial charge < -0.3 is 4.57 Å². The lowest BCUT2D eigenvalue weighted by molar-refractivity contribution is 0.658. The van der Waals surface area contributed by atoms with Crippen molar-refractivity contribution < 1.29 is 0 Å². The van der Waals surface area contributed by atoms with E-state index in [0.717, 1.165) is 11.0 Å². The molecule has 1 aromatic carbocycles. The number of hydrogen-bond acceptors (Lipinski definition) is 3. The molecule has 0 radical (unpaired) electrons. The maximum Gasteiger partial charge on any atom is 0.0946 e. The molecule has 0 bridgehead atoms. The van der Waals surface area contributed by atoms with Gasteiger partial charge in [0.1, 0.15) is 0 Å². The molecule has 132 valence electrons. The van der Waals surface area contributed by atoms with Gasteiger partial charge in [-0.2, -0.15) is 11.8 Å². The Morgan fingerprint density at radius 1 is 1.21 bits per heavy atom. The van der Waals surface area contributed by atoms with Crippen LogP contribution in [-0.4, -0.2) is 26.3 Å². The first-order chi connectivity index (χ1) is 11.8. The van der Waals surface area contributed by atoms with E-state index in [1.54, 1.807) is 0 Å². The minimum Gasteiger partial charge on any atom is -0.336 e. The van der Waals surface area contributed by atoms with Gasteiger partial charge in [-0.3, -0.25) is 0 Å². The highest BCUT2D eigenvalue weighted by Gasteiger charge is 2.12. The van der Waals surface area contributed by atoms with E-state index in [-0.39, 0.29) is 0 Å². The molecule has 2 rings (SSSR count). The minimum atomic E-state index is 0.564. The van der Waals surface area contributed by atoms with Crippen molar-refractivity contribution in [3.05, 3.63) is 47.5 Å². The number of halogens is 1. The smallest absolute Gasteiger partial charge is 0.0946 e. The number of thioether (sulfide) groups is 2. The summed E-state index contributed by atoms with van der Waals surface area (Å²) in [5, 5.41) is 0.564. The Morgan fingerprint density at radius 2 is 2.08 bits per heavy atom. The summed E-state index contributed by atoms with van der Waals surface area (Å²) in [4.78, 5) is 5.51. The number of unbranched alkanes of at least 4 members (excludes halogenated alkanes) is 4. The van der Waals surface area contributed by atoms with Crippen LogP contribution in [-0.2, 0) is 6.54 Å². The number of hydrogen-bond donors (Lipinski definition) is 0. The van der Waals surface area contributed by atoms with Gasteiger partial charge in [0.05, 0.1) is 6.33 Å². The lowest BCUT2D eigenvalue weighted by Gasteiger charge is -2.17. The average Bonchev–Trinajstić information content (AvgIpc) is 3.07. The molecule has 1 unspecified atom stereocenters. The fraction of sp³-hybridized carbons (Fsp3) is 0.526. The Balaban J connectivity index is 1.79. The van der Waals surface area contributed by atoms with Crippen molar-refractivity contribution in [1.82, 2.24) is 9.55 Å². The lowest BCUT2D eigenvalue weighted by Crippen LogP contribution is -2.15. The van der Waals surface area contributed by atoms with Crippen molar-refractivity contribution in [2.75, 3.05) is 11.5 Å². The molecule has 1 aromatic heterocycles. The van der Waals surface area contributed by atoms with Crippen LogP contribution in [0.5, 0.6) is 0 Å². The highest BCUT2D eigenvalue weighted by atomic mass is 79.9. The topological polar surface area (TPSA) is 17.8 Å². The molecule has 5 heteroatoms. The molecule has 2 aromatic rings. The van der Waals surface area contributed by atoms with Crippen LogP contribution >= 0.6 is 39.5 Å². The quantitative estimate of drug-likeness (QED) is 0.284. The maximum atomic E-state index is 4.17. The van der Waals surface area contributed by atoms with Crippen LogP contribution in [0.1, 0.15) is 39.0 Å². The van der Waals surface area contributed by atoms with Crippen molar-refractivity contribution >= 4 is 39.5 Å². The zero-order valence-electron chi connectivity index (χ0n) is 14.4. The van der Waals surface area contributed by atoms with Crippen molar-refractivity contribution in [3.63, 3.8) is 0 Å². The molecule has 1 atom stereocenters. The number of aromatic nitrogens is 2. The number of nitrogens with zero attached hydrogens (tertiary/aromatic N) is 2. The summed E-state index contributed by atoms with van der Waals surface area (Å²) in [7, 11) is 0. The second-order valence-electron chi connectivity index (χ2n) is 5.95. The summed E-state index contributed by atoms with van der Waals surface area (Å²) in [5.74, 6) is 2.46. The standard InChI is InChI=1S/C19H27BrN2S2/c1-2-3-4-5-6-12-23-15-19(14-22-11-10-21-16-22)24-18-9-7-8-17(20)13-18/h7-11,13,16,19H,2-6,12,14-15H2,1H3. The van der Waals surface area contributed by atoms with E-state index < -0.39 is 0 Å². The molecule has 0 spiro atoms. The first-order valence-electron chi connectivity index (χ1n) is 8.73. The van der Waals surface area contributed by atoms with Gasteiger partial charge in [-0.25, -0.2) is 4.98 Å². The van der Waals surface area contributed by atoms with E-state index in [1.807, 2.05) is 24.3 Å². The molecule has 24 heavy (non-hydrogen) atoms. The molecule has 2 nitrogen and oxygen atoms in total. The van der Waals surface area contributed by atoms with Gasteiger partial charge in [0.25, 0.3) is 0 Å². The molecule has 0 fully saturated rings. The zero-order valence-corrected chi connectivity index (χ0v) is 17.6. The molecule has 0 aliphatic heterocycles.